The van der Waals surface area contributed by atoms with E-state index in [1.807, 2.05) is 6.07 Å². The van der Waals surface area contributed by atoms with Crippen LogP contribution in [0.3, 0.4) is 0 Å². The third-order valence-electron chi connectivity index (χ3n) is 7.64. The molecule has 1 aliphatic heterocycles. The average molecular weight is 473 g/mol. The summed E-state index contributed by atoms with van der Waals surface area (Å²) in [5.41, 5.74) is 0.899. The highest BCUT2D eigenvalue weighted by Gasteiger charge is 2.49. The maximum Gasteiger partial charge on any atom is 0.220 e. The predicted octanol–water partition coefficient (Wildman–Crippen LogP) is 8.13. The van der Waals surface area contributed by atoms with Crippen LogP contribution >= 0.6 is 0 Å². The number of unbranched alkanes of at least 4 members (excludes halogenated alkanes) is 8. The van der Waals surface area contributed by atoms with Gasteiger partial charge in [0.25, 0.3) is 0 Å². The first-order valence-corrected chi connectivity index (χ1v) is 14.0. The SMILES string of the molecule is CCCCCCCCCCCC(=O)NC1CC(C)(C)N(OC(C)c2ccccc2)C(C)(CC)C1. The minimum absolute atomic E-state index is 0.0101. The fraction of sp³-hybridized carbons (Fsp3) is 0.767. The van der Waals surface area contributed by atoms with Crippen molar-refractivity contribution in [2.75, 3.05) is 0 Å². The van der Waals surface area contributed by atoms with Crippen LogP contribution in [0.15, 0.2) is 30.3 Å². The zero-order valence-corrected chi connectivity index (χ0v) is 23.0. The molecule has 1 aromatic rings. The highest BCUT2D eigenvalue weighted by atomic mass is 16.7. The zero-order valence-electron chi connectivity index (χ0n) is 23.0. The molecule has 3 unspecified atom stereocenters. The van der Waals surface area contributed by atoms with Gasteiger partial charge in [-0.25, -0.2) is 0 Å². The van der Waals surface area contributed by atoms with E-state index in [4.69, 9.17) is 4.84 Å². The molecule has 1 saturated heterocycles. The Balaban J connectivity index is 1.81. The number of amides is 1. The maximum absolute atomic E-state index is 12.7. The second-order valence-electron chi connectivity index (χ2n) is 11.4. The van der Waals surface area contributed by atoms with Crippen LogP contribution in [0.2, 0.25) is 0 Å². The smallest absolute Gasteiger partial charge is 0.220 e. The summed E-state index contributed by atoms with van der Waals surface area (Å²) in [6, 6.07) is 10.6. The third kappa shape index (κ3) is 9.00. The normalized spacial score (nSPS) is 23.5. The number of hydrogen-bond acceptors (Lipinski definition) is 3. The molecular formula is C30H52N2O2. The predicted molar refractivity (Wildman–Crippen MR) is 144 cm³/mol. The van der Waals surface area contributed by atoms with Crippen LogP contribution in [0.4, 0.5) is 0 Å². The second kappa shape index (κ2) is 14.2. The van der Waals surface area contributed by atoms with Gasteiger partial charge < -0.3 is 5.32 Å². The molecule has 0 radical (unpaired) electrons. The van der Waals surface area contributed by atoms with Gasteiger partial charge in [0.05, 0.1) is 0 Å². The van der Waals surface area contributed by atoms with Gasteiger partial charge >= 0.3 is 0 Å². The molecule has 0 saturated carbocycles. The molecule has 4 heteroatoms. The lowest BCUT2D eigenvalue weighted by Gasteiger charge is -2.55. The minimum Gasteiger partial charge on any atom is -0.353 e. The lowest BCUT2D eigenvalue weighted by molar-refractivity contribution is -0.311. The summed E-state index contributed by atoms with van der Waals surface area (Å²) in [5, 5.41) is 5.61. The molecule has 1 heterocycles. The van der Waals surface area contributed by atoms with Crippen molar-refractivity contribution < 1.29 is 9.63 Å². The first-order valence-electron chi connectivity index (χ1n) is 14.0. The first-order chi connectivity index (χ1) is 16.2. The number of hydrogen-bond donors (Lipinski definition) is 1. The molecule has 4 nitrogen and oxygen atoms in total. The molecule has 0 aliphatic carbocycles. The van der Waals surface area contributed by atoms with Gasteiger partial charge in [-0.15, -0.1) is 0 Å². The van der Waals surface area contributed by atoms with Crippen molar-refractivity contribution in [3.63, 3.8) is 0 Å². The van der Waals surface area contributed by atoms with Crippen molar-refractivity contribution in [3.8, 4) is 0 Å². The van der Waals surface area contributed by atoms with E-state index in [2.05, 4.69) is 76.2 Å². The third-order valence-corrected chi connectivity index (χ3v) is 7.64. The van der Waals surface area contributed by atoms with Crippen molar-refractivity contribution in [2.24, 2.45) is 0 Å². The summed E-state index contributed by atoms with van der Waals surface area (Å²) in [4.78, 5) is 19.3. The molecule has 2 rings (SSSR count). The van der Waals surface area contributed by atoms with Crippen LogP contribution in [0, 0.1) is 0 Å². The monoisotopic (exact) mass is 472 g/mol. The molecule has 0 bridgehead atoms. The van der Waals surface area contributed by atoms with Crippen molar-refractivity contribution in [1.82, 2.24) is 10.4 Å². The molecule has 34 heavy (non-hydrogen) atoms. The molecule has 1 N–H and O–H groups in total. The van der Waals surface area contributed by atoms with Crippen LogP contribution < -0.4 is 5.32 Å². The molecule has 194 valence electrons. The quantitative estimate of drug-likeness (QED) is 0.262. The van der Waals surface area contributed by atoms with Crippen LogP contribution in [0.25, 0.3) is 0 Å². The summed E-state index contributed by atoms with van der Waals surface area (Å²) in [6.45, 7) is 13.4. The van der Waals surface area contributed by atoms with Gasteiger partial charge in [-0.1, -0.05) is 95.5 Å². The van der Waals surface area contributed by atoms with E-state index in [0.29, 0.717) is 6.42 Å². The van der Waals surface area contributed by atoms with Gasteiger partial charge in [-0.05, 0) is 58.9 Å². The van der Waals surface area contributed by atoms with E-state index in [1.54, 1.807) is 0 Å². The van der Waals surface area contributed by atoms with Crippen molar-refractivity contribution in [3.05, 3.63) is 35.9 Å². The van der Waals surface area contributed by atoms with E-state index in [9.17, 15) is 4.79 Å². The number of rotatable bonds is 15. The van der Waals surface area contributed by atoms with Crippen molar-refractivity contribution in [1.29, 1.82) is 0 Å². The molecule has 1 aromatic carbocycles. The number of nitrogens with zero attached hydrogens (tertiary/aromatic N) is 1. The standard InChI is InChI=1S/C30H52N2O2/c1-7-9-10-11-12-13-14-15-19-22-28(33)31-27-23-29(4,5)32(30(6,8-2)24-27)34-25(3)26-20-17-16-18-21-26/h16-18,20-21,25,27H,7-15,19,22-24H2,1-6H3,(H,31,33). The Morgan fingerprint density at radius 3 is 2.15 bits per heavy atom. The van der Waals surface area contributed by atoms with E-state index >= 15 is 0 Å². The molecule has 0 spiro atoms. The van der Waals surface area contributed by atoms with Crippen LogP contribution in [0.1, 0.15) is 137 Å². The minimum atomic E-state index is -0.165. The van der Waals surface area contributed by atoms with Gasteiger partial charge in [-0.2, -0.15) is 5.06 Å². The molecule has 1 fully saturated rings. The second-order valence-corrected chi connectivity index (χ2v) is 11.4. The number of nitrogens with one attached hydrogen (secondary N) is 1. The largest absolute Gasteiger partial charge is 0.353 e. The van der Waals surface area contributed by atoms with Gasteiger partial charge in [0.1, 0.15) is 6.10 Å². The Kier molecular flexibility index (Phi) is 12.1. The Labute approximate surface area is 210 Å². The fourth-order valence-corrected chi connectivity index (χ4v) is 5.60. The highest BCUT2D eigenvalue weighted by Crippen LogP contribution is 2.42. The number of hydroxylamine groups is 2. The van der Waals surface area contributed by atoms with E-state index < -0.39 is 0 Å². The Hall–Kier alpha value is -1.39. The Morgan fingerprint density at radius 1 is 0.971 bits per heavy atom. The Morgan fingerprint density at radius 2 is 1.56 bits per heavy atom. The summed E-state index contributed by atoms with van der Waals surface area (Å²) < 4.78 is 0. The lowest BCUT2D eigenvalue weighted by atomic mass is 9.76. The zero-order chi connectivity index (χ0) is 25.0. The van der Waals surface area contributed by atoms with Crippen molar-refractivity contribution in [2.45, 2.75) is 148 Å². The molecule has 3 atom stereocenters. The van der Waals surface area contributed by atoms with E-state index in [-0.39, 0.29) is 29.1 Å². The number of carbonyl (C=O) groups is 1. The average Bonchev–Trinajstić information content (AvgIpc) is 2.80. The van der Waals surface area contributed by atoms with Crippen LogP contribution in [-0.2, 0) is 9.63 Å². The number of piperidine rings is 1. The van der Waals surface area contributed by atoms with Crippen molar-refractivity contribution >= 4 is 5.91 Å². The summed E-state index contributed by atoms with van der Waals surface area (Å²) >= 11 is 0. The molecule has 1 amide bonds. The van der Waals surface area contributed by atoms with Gasteiger partial charge in [0, 0.05) is 23.5 Å². The maximum atomic E-state index is 12.7. The summed E-state index contributed by atoms with van der Waals surface area (Å²) in [5.74, 6) is 0.217. The lowest BCUT2D eigenvalue weighted by Crippen LogP contribution is -2.65. The van der Waals surface area contributed by atoms with Gasteiger partial charge in [-0.3, -0.25) is 9.63 Å². The molecular weight excluding hydrogens is 420 g/mol. The van der Waals surface area contributed by atoms with E-state index in [0.717, 1.165) is 25.7 Å². The first kappa shape index (κ1) is 28.8. The highest BCUT2D eigenvalue weighted by molar-refractivity contribution is 5.76. The molecule has 0 aromatic heterocycles. The van der Waals surface area contributed by atoms with Gasteiger partial charge in [0.15, 0.2) is 0 Å². The fourth-order valence-electron chi connectivity index (χ4n) is 5.60. The summed E-state index contributed by atoms with van der Waals surface area (Å²) in [7, 11) is 0. The van der Waals surface area contributed by atoms with Gasteiger partial charge in [0.2, 0.25) is 5.91 Å². The summed E-state index contributed by atoms with van der Waals surface area (Å²) in [6.07, 6.45) is 14.9. The van der Waals surface area contributed by atoms with Crippen LogP contribution in [0.5, 0.6) is 0 Å². The topological polar surface area (TPSA) is 41.6 Å². The molecule has 1 aliphatic rings. The van der Waals surface area contributed by atoms with Crippen LogP contribution in [-0.4, -0.2) is 28.1 Å². The number of benzene rings is 1. The van der Waals surface area contributed by atoms with E-state index in [1.165, 1.54) is 56.9 Å². The number of carbonyl (C=O) groups excluding carboxylic acids is 1. The Bertz CT molecular complexity index is 705.